The Morgan fingerprint density at radius 1 is 1.00 bits per heavy atom. The Labute approximate surface area is 88.0 Å². The van der Waals surface area contributed by atoms with Gasteiger partial charge in [0, 0.05) is 0 Å². The van der Waals surface area contributed by atoms with Gasteiger partial charge in [-0.25, -0.2) is 0 Å². The Morgan fingerprint density at radius 3 is 2.36 bits per heavy atom. The van der Waals surface area contributed by atoms with Crippen LogP contribution in [-0.2, 0) is 0 Å². The third kappa shape index (κ3) is 7.35. The molecule has 0 nitrogen and oxygen atoms in total. The summed E-state index contributed by atoms with van der Waals surface area (Å²) >= 11 is 0. The minimum atomic E-state index is 1.10. The molecule has 76 valence electrons. The molecule has 0 aromatic rings. The summed E-state index contributed by atoms with van der Waals surface area (Å²) in [4.78, 5) is 0. The lowest BCUT2D eigenvalue weighted by Crippen LogP contribution is -1.80. The minimum Gasteiger partial charge on any atom is -0.103 e. The Balaban J connectivity index is 3.91. The highest BCUT2D eigenvalue weighted by atomic mass is 14.0. The smallest absolute Gasteiger partial charge is 0.0279 e. The minimum absolute atomic E-state index is 1.10. The first-order valence-electron chi connectivity index (χ1n) is 5.06. The molecular formula is C14H20. The van der Waals surface area contributed by atoms with Crippen molar-refractivity contribution >= 4 is 0 Å². The molecule has 0 radical (unpaired) electrons. The molecule has 0 unspecified atom stereocenters. The van der Waals surface area contributed by atoms with E-state index in [1.54, 1.807) is 6.08 Å². The average Bonchev–Trinajstić information content (AvgIpc) is 2.20. The summed E-state index contributed by atoms with van der Waals surface area (Å²) in [5.74, 6) is 0. The van der Waals surface area contributed by atoms with Crippen LogP contribution >= 0.6 is 0 Å². The fourth-order valence-corrected chi connectivity index (χ4v) is 1.18. The molecule has 0 saturated heterocycles. The normalized spacial score (nSPS) is 11.6. The lowest BCUT2D eigenvalue weighted by molar-refractivity contribution is 0.750. The highest BCUT2D eigenvalue weighted by Gasteiger charge is 1.91. The highest BCUT2D eigenvalue weighted by Crippen LogP contribution is 2.10. The van der Waals surface area contributed by atoms with Crippen LogP contribution in [0.2, 0.25) is 0 Å². The van der Waals surface area contributed by atoms with Crippen molar-refractivity contribution in [3.05, 3.63) is 61.8 Å². The maximum atomic E-state index is 3.71. The summed E-state index contributed by atoms with van der Waals surface area (Å²) < 4.78 is 0. The van der Waals surface area contributed by atoms with Crippen molar-refractivity contribution in [2.75, 3.05) is 0 Å². The van der Waals surface area contributed by atoms with E-state index in [-0.39, 0.29) is 0 Å². The molecule has 0 amide bonds. The zero-order valence-electron chi connectivity index (χ0n) is 8.91. The number of hydrogen-bond acceptors (Lipinski definition) is 0. The maximum Gasteiger partial charge on any atom is -0.0279 e. The third-order valence-corrected chi connectivity index (χ3v) is 1.90. The van der Waals surface area contributed by atoms with Crippen LogP contribution in [0.25, 0.3) is 0 Å². The molecule has 0 aliphatic rings. The maximum absolute atomic E-state index is 3.71. The van der Waals surface area contributed by atoms with Crippen molar-refractivity contribution in [2.45, 2.75) is 25.7 Å². The number of hydrogen-bond donors (Lipinski definition) is 0. The standard InChI is InChI=1S/C14H20/c1-4-7-9-10-13-14(11-6-3)12-8-5-2/h4-6,8,11-12H,1-3,7,9-10,13H2. The van der Waals surface area contributed by atoms with E-state index in [2.05, 4.69) is 25.8 Å². The van der Waals surface area contributed by atoms with Gasteiger partial charge in [-0.15, -0.1) is 6.58 Å². The SMILES string of the molecule is C=CC=CC(=CC=C)CCCCC=C. The fraction of sp³-hybridized carbons (Fsp3) is 0.286. The van der Waals surface area contributed by atoms with E-state index in [4.69, 9.17) is 0 Å². The zero-order valence-corrected chi connectivity index (χ0v) is 8.91. The molecule has 0 heterocycles. The van der Waals surface area contributed by atoms with Crippen LogP contribution in [-0.4, -0.2) is 0 Å². The molecular weight excluding hydrogens is 168 g/mol. The third-order valence-electron chi connectivity index (χ3n) is 1.90. The Morgan fingerprint density at radius 2 is 1.79 bits per heavy atom. The molecule has 0 N–H and O–H groups in total. The Kier molecular flexibility index (Phi) is 8.88. The monoisotopic (exact) mass is 188 g/mol. The van der Waals surface area contributed by atoms with Crippen LogP contribution in [0.5, 0.6) is 0 Å². The van der Waals surface area contributed by atoms with Crippen molar-refractivity contribution in [1.29, 1.82) is 0 Å². The summed E-state index contributed by atoms with van der Waals surface area (Å²) in [6.07, 6.45) is 16.3. The summed E-state index contributed by atoms with van der Waals surface area (Å²) in [6.45, 7) is 11.1. The van der Waals surface area contributed by atoms with Crippen LogP contribution in [0.1, 0.15) is 25.7 Å². The molecule has 0 spiro atoms. The molecule has 0 rings (SSSR count). The number of allylic oxidation sites excluding steroid dienone is 7. The van der Waals surface area contributed by atoms with Gasteiger partial charge in [0.2, 0.25) is 0 Å². The van der Waals surface area contributed by atoms with E-state index in [9.17, 15) is 0 Å². The van der Waals surface area contributed by atoms with Crippen LogP contribution in [0.15, 0.2) is 61.8 Å². The van der Waals surface area contributed by atoms with E-state index in [0.29, 0.717) is 0 Å². The Hall–Kier alpha value is -1.30. The van der Waals surface area contributed by atoms with E-state index < -0.39 is 0 Å². The van der Waals surface area contributed by atoms with Crippen LogP contribution in [0.4, 0.5) is 0 Å². The zero-order chi connectivity index (χ0) is 10.6. The van der Waals surface area contributed by atoms with E-state index in [1.165, 1.54) is 18.4 Å². The first-order chi connectivity index (χ1) is 6.85. The summed E-state index contributed by atoms with van der Waals surface area (Å²) in [7, 11) is 0. The van der Waals surface area contributed by atoms with Crippen LogP contribution in [0, 0.1) is 0 Å². The van der Waals surface area contributed by atoms with Crippen molar-refractivity contribution in [1.82, 2.24) is 0 Å². The second kappa shape index (κ2) is 9.79. The van der Waals surface area contributed by atoms with Gasteiger partial charge in [-0.2, -0.15) is 0 Å². The van der Waals surface area contributed by atoms with Crippen LogP contribution < -0.4 is 0 Å². The largest absolute Gasteiger partial charge is 0.103 e. The van der Waals surface area contributed by atoms with Gasteiger partial charge in [0.25, 0.3) is 0 Å². The molecule has 0 aliphatic carbocycles. The van der Waals surface area contributed by atoms with Crippen molar-refractivity contribution in [3.63, 3.8) is 0 Å². The second-order valence-corrected chi connectivity index (χ2v) is 3.11. The van der Waals surface area contributed by atoms with Crippen molar-refractivity contribution in [3.8, 4) is 0 Å². The predicted molar refractivity (Wildman–Crippen MR) is 66.3 cm³/mol. The van der Waals surface area contributed by atoms with Gasteiger partial charge in [0.15, 0.2) is 0 Å². The van der Waals surface area contributed by atoms with Gasteiger partial charge in [-0.1, -0.05) is 49.6 Å². The molecule has 0 bridgehead atoms. The van der Waals surface area contributed by atoms with E-state index in [1.807, 2.05) is 24.3 Å². The molecule has 0 aliphatic heterocycles. The predicted octanol–water partition coefficient (Wildman–Crippen LogP) is 4.59. The molecule has 14 heavy (non-hydrogen) atoms. The first-order valence-corrected chi connectivity index (χ1v) is 5.06. The van der Waals surface area contributed by atoms with Crippen molar-refractivity contribution < 1.29 is 0 Å². The summed E-state index contributed by atoms with van der Waals surface area (Å²) in [6, 6.07) is 0. The van der Waals surface area contributed by atoms with Gasteiger partial charge in [0.05, 0.1) is 0 Å². The van der Waals surface area contributed by atoms with E-state index >= 15 is 0 Å². The summed E-state index contributed by atoms with van der Waals surface area (Å²) in [5, 5.41) is 0. The molecule has 0 saturated carbocycles. The van der Waals surface area contributed by atoms with Gasteiger partial charge < -0.3 is 0 Å². The van der Waals surface area contributed by atoms with Crippen molar-refractivity contribution in [2.24, 2.45) is 0 Å². The van der Waals surface area contributed by atoms with E-state index in [0.717, 1.165) is 12.8 Å². The quantitative estimate of drug-likeness (QED) is 0.297. The lowest BCUT2D eigenvalue weighted by Gasteiger charge is -1.99. The van der Waals surface area contributed by atoms with Gasteiger partial charge in [-0.05, 0) is 31.3 Å². The number of rotatable bonds is 8. The fourth-order valence-electron chi connectivity index (χ4n) is 1.18. The highest BCUT2D eigenvalue weighted by molar-refractivity contribution is 5.24. The first kappa shape index (κ1) is 12.7. The molecule has 0 fully saturated rings. The van der Waals surface area contributed by atoms with Gasteiger partial charge in [-0.3, -0.25) is 0 Å². The van der Waals surface area contributed by atoms with Gasteiger partial charge in [0.1, 0.15) is 0 Å². The second-order valence-electron chi connectivity index (χ2n) is 3.11. The number of unbranched alkanes of at least 4 members (excludes halogenated alkanes) is 2. The van der Waals surface area contributed by atoms with Crippen LogP contribution in [0.3, 0.4) is 0 Å². The molecule has 0 aromatic heterocycles. The topological polar surface area (TPSA) is 0 Å². The molecule has 0 atom stereocenters. The van der Waals surface area contributed by atoms with Gasteiger partial charge >= 0.3 is 0 Å². The molecule has 0 aromatic carbocycles. The molecule has 0 heteroatoms. The Bertz CT molecular complexity index is 228. The lowest BCUT2D eigenvalue weighted by atomic mass is 10.1. The summed E-state index contributed by atoms with van der Waals surface area (Å²) in [5.41, 5.74) is 1.31. The average molecular weight is 188 g/mol.